The van der Waals surface area contributed by atoms with Crippen molar-refractivity contribution < 1.29 is 33.8 Å². The third-order valence-electron chi connectivity index (χ3n) is 6.78. The van der Waals surface area contributed by atoms with Crippen LogP contribution in [-0.4, -0.2) is 94.9 Å². The average Bonchev–Trinajstić information content (AvgIpc) is 3.14. The maximum absolute atomic E-state index is 12.9. The van der Waals surface area contributed by atoms with Crippen LogP contribution in [0.4, 0.5) is 5.82 Å². The van der Waals surface area contributed by atoms with Crippen LogP contribution in [0.15, 0.2) is 36.5 Å². The van der Waals surface area contributed by atoms with E-state index in [1.807, 2.05) is 0 Å². The van der Waals surface area contributed by atoms with E-state index in [4.69, 9.17) is 9.84 Å². The second kappa shape index (κ2) is 9.97. The number of ether oxygens (including phenoxy) is 1. The zero-order chi connectivity index (χ0) is 26.1. The topological polar surface area (TPSA) is 149 Å². The van der Waals surface area contributed by atoms with Gasteiger partial charge in [-0.2, -0.15) is 0 Å². The van der Waals surface area contributed by atoms with Gasteiger partial charge in [-0.3, -0.25) is 34.3 Å². The Kier molecular flexibility index (Phi) is 6.57. The maximum Gasteiger partial charge on any atom is 0.337 e. The lowest BCUT2D eigenvalue weighted by molar-refractivity contribution is -0.136. The Bertz CT molecular complexity index is 1270. The van der Waals surface area contributed by atoms with Crippen molar-refractivity contribution in [3.8, 4) is 5.75 Å². The fourth-order valence-electron chi connectivity index (χ4n) is 4.73. The number of carbonyl (C=O) groups is 5. The van der Waals surface area contributed by atoms with Gasteiger partial charge in [-0.15, -0.1) is 0 Å². The normalized spacial score (nSPS) is 20.2. The summed E-state index contributed by atoms with van der Waals surface area (Å²) < 4.78 is 5.85. The van der Waals surface area contributed by atoms with Gasteiger partial charge in [-0.1, -0.05) is 0 Å². The van der Waals surface area contributed by atoms with Crippen LogP contribution < -0.4 is 15.0 Å². The standard InChI is InChI=1S/C25H25N5O7/c31-21-6-4-19(22(32)27-21)30-23(33)17-3-2-16(13-18(17)24(30)34)37-12-11-28-7-9-29(10-8-28)20-5-1-15(14-26-20)25(35)36/h1-3,5,13-14,19H,4,6-12H2,(H,35,36)(H,27,31,32). The molecule has 2 aromatic rings. The minimum Gasteiger partial charge on any atom is -0.492 e. The molecule has 1 aromatic carbocycles. The Morgan fingerprint density at radius 3 is 2.46 bits per heavy atom. The summed E-state index contributed by atoms with van der Waals surface area (Å²) in [5, 5.41) is 11.2. The highest BCUT2D eigenvalue weighted by Gasteiger charge is 2.44. The molecule has 1 unspecified atom stereocenters. The molecule has 0 spiro atoms. The van der Waals surface area contributed by atoms with Gasteiger partial charge in [-0.25, -0.2) is 9.78 Å². The number of anilines is 1. The number of amides is 4. The van der Waals surface area contributed by atoms with Gasteiger partial charge in [0, 0.05) is 45.3 Å². The van der Waals surface area contributed by atoms with E-state index in [2.05, 4.69) is 20.1 Å². The third kappa shape index (κ3) is 4.87. The minimum absolute atomic E-state index is 0.0694. The summed E-state index contributed by atoms with van der Waals surface area (Å²) >= 11 is 0. The van der Waals surface area contributed by atoms with E-state index in [0.717, 1.165) is 36.9 Å². The smallest absolute Gasteiger partial charge is 0.337 e. The van der Waals surface area contributed by atoms with E-state index in [9.17, 15) is 24.0 Å². The largest absolute Gasteiger partial charge is 0.492 e. The Balaban J connectivity index is 1.13. The number of nitrogens with one attached hydrogen (secondary N) is 1. The van der Waals surface area contributed by atoms with Gasteiger partial charge in [0.05, 0.1) is 16.7 Å². The molecular weight excluding hydrogens is 482 g/mol. The summed E-state index contributed by atoms with van der Waals surface area (Å²) in [5.41, 5.74) is 0.547. The number of hydrogen-bond acceptors (Lipinski definition) is 9. The summed E-state index contributed by atoms with van der Waals surface area (Å²) in [6.07, 6.45) is 1.53. The van der Waals surface area contributed by atoms with Gasteiger partial charge in [0.25, 0.3) is 11.8 Å². The summed E-state index contributed by atoms with van der Waals surface area (Å²) in [5.74, 6) is -1.99. The van der Waals surface area contributed by atoms with Crippen LogP contribution in [-0.2, 0) is 9.59 Å². The van der Waals surface area contributed by atoms with Crippen LogP contribution in [0.3, 0.4) is 0 Å². The van der Waals surface area contributed by atoms with E-state index in [0.29, 0.717) is 18.9 Å². The molecule has 0 radical (unpaired) electrons. The second-order valence-electron chi connectivity index (χ2n) is 9.04. The summed E-state index contributed by atoms with van der Waals surface area (Å²) in [4.78, 5) is 69.9. The maximum atomic E-state index is 12.9. The van der Waals surface area contributed by atoms with Gasteiger partial charge in [-0.05, 0) is 36.8 Å². The molecule has 0 bridgehead atoms. The molecule has 2 fully saturated rings. The lowest BCUT2D eigenvalue weighted by atomic mass is 10.0. The predicted octanol–water partition coefficient (Wildman–Crippen LogP) is 0.382. The number of carbonyl (C=O) groups excluding carboxylic acids is 4. The molecule has 5 rings (SSSR count). The van der Waals surface area contributed by atoms with E-state index < -0.39 is 35.6 Å². The molecule has 0 aliphatic carbocycles. The lowest BCUT2D eigenvalue weighted by Gasteiger charge is -2.35. The molecule has 1 aromatic heterocycles. The number of aromatic carboxylic acids is 1. The van der Waals surface area contributed by atoms with E-state index in [1.54, 1.807) is 18.2 Å². The molecule has 2 N–H and O–H groups in total. The SMILES string of the molecule is O=C1CCC(N2C(=O)c3ccc(OCCN4CCN(c5ccc(C(=O)O)cn5)CC4)cc3C2=O)C(=O)N1. The van der Waals surface area contributed by atoms with Crippen LogP contribution >= 0.6 is 0 Å². The van der Waals surface area contributed by atoms with Crippen molar-refractivity contribution in [1.29, 1.82) is 0 Å². The zero-order valence-corrected chi connectivity index (χ0v) is 19.9. The van der Waals surface area contributed by atoms with Gasteiger partial charge in [0.1, 0.15) is 24.2 Å². The molecule has 1 atom stereocenters. The van der Waals surface area contributed by atoms with Crippen molar-refractivity contribution >= 4 is 35.4 Å². The molecular formula is C25H25N5O7. The molecule has 37 heavy (non-hydrogen) atoms. The first-order valence-electron chi connectivity index (χ1n) is 12.0. The van der Waals surface area contributed by atoms with E-state index in [1.165, 1.54) is 18.3 Å². The van der Waals surface area contributed by atoms with E-state index in [-0.39, 0.29) is 29.5 Å². The molecule has 3 aliphatic heterocycles. The number of pyridine rings is 1. The Morgan fingerprint density at radius 1 is 1.03 bits per heavy atom. The number of piperazine rings is 1. The van der Waals surface area contributed by atoms with Crippen molar-refractivity contribution in [1.82, 2.24) is 20.1 Å². The van der Waals surface area contributed by atoms with Crippen LogP contribution in [0.25, 0.3) is 0 Å². The first-order chi connectivity index (χ1) is 17.8. The number of piperidine rings is 1. The Hall–Kier alpha value is -4.32. The van der Waals surface area contributed by atoms with Gasteiger partial charge >= 0.3 is 5.97 Å². The number of rotatable bonds is 7. The van der Waals surface area contributed by atoms with Crippen LogP contribution in [0.1, 0.15) is 43.9 Å². The molecule has 12 nitrogen and oxygen atoms in total. The number of nitrogens with zero attached hydrogens (tertiary/aromatic N) is 4. The molecule has 12 heteroatoms. The zero-order valence-electron chi connectivity index (χ0n) is 19.9. The van der Waals surface area contributed by atoms with Gasteiger partial charge in [0.2, 0.25) is 11.8 Å². The number of hydrogen-bond donors (Lipinski definition) is 2. The molecule has 4 amide bonds. The van der Waals surface area contributed by atoms with Gasteiger partial charge in [0.15, 0.2) is 0 Å². The van der Waals surface area contributed by atoms with E-state index >= 15 is 0 Å². The summed E-state index contributed by atoms with van der Waals surface area (Å²) in [6, 6.07) is 6.93. The monoisotopic (exact) mass is 507 g/mol. The molecule has 3 aliphatic rings. The average molecular weight is 508 g/mol. The van der Waals surface area contributed by atoms with Crippen LogP contribution in [0.5, 0.6) is 5.75 Å². The predicted molar refractivity (Wildman–Crippen MR) is 128 cm³/mol. The summed E-state index contributed by atoms with van der Waals surface area (Å²) in [6.45, 7) is 4.08. The number of imide groups is 2. The lowest BCUT2D eigenvalue weighted by Crippen LogP contribution is -2.54. The number of carboxylic acid groups (broad SMARTS) is 1. The highest BCUT2D eigenvalue weighted by atomic mass is 16.5. The Labute approximate surface area is 211 Å². The van der Waals surface area contributed by atoms with Crippen molar-refractivity contribution in [2.24, 2.45) is 0 Å². The highest BCUT2D eigenvalue weighted by molar-refractivity contribution is 6.23. The van der Waals surface area contributed by atoms with Crippen molar-refractivity contribution in [2.75, 3.05) is 44.2 Å². The Morgan fingerprint density at radius 2 is 1.78 bits per heavy atom. The highest BCUT2D eigenvalue weighted by Crippen LogP contribution is 2.30. The summed E-state index contributed by atoms with van der Waals surface area (Å²) in [7, 11) is 0. The van der Waals surface area contributed by atoms with Crippen molar-refractivity contribution in [2.45, 2.75) is 18.9 Å². The molecule has 192 valence electrons. The first kappa shape index (κ1) is 24.4. The fourth-order valence-corrected chi connectivity index (χ4v) is 4.73. The second-order valence-corrected chi connectivity index (χ2v) is 9.04. The van der Waals surface area contributed by atoms with Crippen LogP contribution in [0, 0.1) is 0 Å². The van der Waals surface area contributed by atoms with Crippen molar-refractivity contribution in [3.63, 3.8) is 0 Å². The molecule has 4 heterocycles. The first-order valence-corrected chi connectivity index (χ1v) is 12.0. The minimum atomic E-state index is -1.00. The quantitative estimate of drug-likeness (QED) is 0.504. The van der Waals surface area contributed by atoms with Crippen molar-refractivity contribution in [3.05, 3.63) is 53.2 Å². The number of fused-ring (bicyclic) bond motifs is 1. The third-order valence-corrected chi connectivity index (χ3v) is 6.78. The molecule has 0 saturated carbocycles. The molecule has 2 saturated heterocycles. The number of aromatic nitrogens is 1. The fraction of sp³-hybridized carbons (Fsp3) is 0.360. The number of benzene rings is 1. The number of carboxylic acids is 1. The van der Waals surface area contributed by atoms with Gasteiger partial charge < -0.3 is 14.7 Å². The van der Waals surface area contributed by atoms with Crippen LogP contribution in [0.2, 0.25) is 0 Å².